The number of hydrogen-bond donors (Lipinski definition) is 1. The molecule has 0 saturated carbocycles. The lowest BCUT2D eigenvalue weighted by atomic mass is 10.1. The van der Waals surface area contributed by atoms with Crippen molar-refractivity contribution in [3.05, 3.63) is 53.2 Å². The molecule has 0 radical (unpaired) electrons. The van der Waals surface area contributed by atoms with Gasteiger partial charge < -0.3 is 14.2 Å². The molecule has 0 spiro atoms. The van der Waals surface area contributed by atoms with Crippen LogP contribution in [0.4, 0.5) is 13.2 Å². The number of aromatic nitrogens is 4. The first-order valence-corrected chi connectivity index (χ1v) is 9.70. The third-order valence-corrected chi connectivity index (χ3v) is 4.96. The first-order valence-electron chi connectivity index (χ1n) is 9.70. The lowest BCUT2D eigenvalue weighted by molar-refractivity contribution is -0.137. The summed E-state index contributed by atoms with van der Waals surface area (Å²) in [5, 5.41) is 10.7. The minimum atomic E-state index is -4.47. The predicted molar refractivity (Wildman–Crippen MR) is 102 cm³/mol. The van der Waals surface area contributed by atoms with E-state index in [1.807, 2.05) is 13.8 Å². The van der Waals surface area contributed by atoms with E-state index in [2.05, 4.69) is 20.3 Å². The van der Waals surface area contributed by atoms with Gasteiger partial charge in [0.15, 0.2) is 6.10 Å². The molecule has 1 saturated heterocycles. The van der Waals surface area contributed by atoms with Gasteiger partial charge in [0.25, 0.3) is 11.8 Å². The molecule has 0 aliphatic carbocycles. The fraction of sp³-hybridized carbons (Fsp3) is 0.400. The van der Waals surface area contributed by atoms with Crippen LogP contribution in [0, 0.1) is 0 Å². The normalized spacial score (nSPS) is 17.4. The van der Waals surface area contributed by atoms with Crippen LogP contribution < -0.4 is 0 Å². The number of ether oxygens (including phenoxy) is 1. The number of halogens is 3. The Morgan fingerprint density at radius 2 is 2.10 bits per heavy atom. The van der Waals surface area contributed by atoms with Crippen LogP contribution in [0.15, 0.2) is 34.9 Å². The van der Waals surface area contributed by atoms with Gasteiger partial charge in [-0.3, -0.25) is 9.89 Å². The first kappa shape index (κ1) is 21.0. The SMILES string of the molecule is CC(C)c1cc(C(=O)N2CCOC(c3nc(-c4cccc(C(F)(F)F)c4)no3)C2)n[nH]1. The van der Waals surface area contributed by atoms with Crippen LogP contribution in [0.5, 0.6) is 0 Å². The maximum absolute atomic E-state index is 13.0. The van der Waals surface area contributed by atoms with Crippen LogP contribution in [0.25, 0.3) is 11.4 Å². The maximum Gasteiger partial charge on any atom is 0.416 e. The molecule has 1 atom stereocenters. The Bertz CT molecular complexity index is 1080. The molecule has 0 bridgehead atoms. The molecule has 31 heavy (non-hydrogen) atoms. The summed E-state index contributed by atoms with van der Waals surface area (Å²) in [6.45, 7) is 4.76. The lowest BCUT2D eigenvalue weighted by Crippen LogP contribution is -2.42. The number of benzene rings is 1. The van der Waals surface area contributed by atoms with Crippen molar-refractivity contribution in [1.29, 1.82) is 0 Å². The van der Waals surface area contributed by atoms with Gasteiger partial charge in [-0.15, -0.1) is 0 Å². The third kappa shape index (κ3) is 4.46. The number of alkyl halides is 3. The van der Waals surface area contributed by atoms with Gasteiger partial charge in [-0.25, -0.2) is 0 Å². The van der Waals surface area contributed by atoms with Crippen LogP contribution >= 0.6 is 0 Å². The van der Waals surface area contributed by atoms with E-state index in [-0.39, 0.29) is 42.3 Å². The fourth-order valence-corrected chi connectivity index (χ4v) is 3.20. The molecule has 3 aromatic rings. The van der Waals surface area contributed by atoms with Crippen LogP contribution in [0.3, 0.4) is 0 Å². The Kier molecular flexibility index (Phi) is 5.52. The number of rotatable bonds is 4. The quantitative estimate of drug-likeness (QED) is 0.669. The maximum atomic E-state index is 13.0. The number of carbonyl (C=O) groups excluding carboxylic acids is 1. The van der Waals surface area contributed by atoms with Crippen LogP contribution in [0.2, 0.25) is 0 Å². The number of H-pyrrole nitrogens is 1. The number of aromatic amines is 1. The van der Waals surface area contributed by atoms with Crippen molar-refractivity contribution in [2.75, 3.05) is 19.7 Å². The second-order valence-corrected chi connectivity index (χ2v) is 7.51. The molecular formula is C20H20F3N5O3. The molecule has 3 heterocycles. The zero-order chi connectivity index (χ0) is 22.2. The summed E-state index contributed by atoms with van der Waals surface area (Å²) in [4.78, 5) is 18.5. The average molecular weight is 435 g/mol. The Balaban J connectivity index is 1.49. The largest absolute Gasteiger partial charge is 0.416 e. The molecule has 1 N–H and O–H groups in total. The van der Waals surface area contributed by atoms with E-state index in [4.69, 9.17) is 9.26 Å². The molecule has 8 nitrogen and oxygen atoms in total. The van der Waals surface area contributed by atoms with Gasteiger partial charge in [0.05, 0.1) is 18.7 Å². The monoisotopic (exact) mass is 435 g/mol. The van der Waals surface area contributed by atoms with E-state index >= 15 is 0 Å². The molecule has 1 aliphatic heterocycles. The number of nitrogens with zero attached hydrogens (tertiary/aromatic N) is 4. The Hall–Kier alpha value is -3.21. The van der Waals surface area contributed by atoms with E-state index in [9.17, 15) is 18.0 Å². The number of morpholine rings is 1. The zero-order valence-corrected chi connectivity index (χ0v) is 16.8. The van der Waals surface area contributed by atoms with Gasteiger partial charge in [-0.05, 0) is 24.1 Å². The van der Waals surface area contributed by atoms with Crippen molar-refractivity contribution >= 4 is 5.91 Å². The van der Waals surface area contributed by atoms with Crippen LogP contribution in [-0.4, -0.2) is 50.8 Å². The predicted octanol–water partition coefficient (Wildman–Crippen LogP) is 3.82. The summed E-state index contributed by atoms with van der Waals surface area (Å²) in [6.07, 6.45) is -5.16. The van der Waals surface area contributed by atoms with Gasteiger partial charge in [-0.1, -0.05) is 31.1 Å². The van der Waals surface area contributed by atoms with E-state index in [0.717, 1.165) is 17.8 Å². The number of amides is 1. The van der Waals surface area contributed by atoms with E-state index in [1.54, 1.807) is 11.0 Å². The minimum absolute atomic E-state index is 0.0158. The molecule has 1 fully saturated rings. The van der Waals surface area contributed by atoms with Crippen LogP contribution in [0.1, 0.15) is 53.5 Å². The molecule has 4 rings (SSSR count). The van der Waals surface area contributed by atoms with Crippen molar-refractivity contribution < 1.29 is 27.2 Å². The van der Waals surface area contributed by atoms with Gasteiger partial charge >= 0.3 is 6.18 Å². The topological polar surface area (TPSA) is 97.1 Å². The van der Waals surface area contributed by atoms with E-state index in [0.29, 0.717) is 12.2 Å². The fourth-order valence-electron chi connectivity index (χ4n) is 3.20. The summed E-state index contributed by atoms with van der Waals surface area (Å²) in [5.74, 6) is 0.0602. The number of nitrogens with one attached hydrogen (secondary N) is 1. The molecule has 1 aliphatic rings. The minimum Gasteiger partial charge on any atom is -0.365 e. The Labute approximate surface area is 175 Å². The Morgan fingerprint density at radius 1 is 1.29 bits per heavy atom. The van der Waals surface area contributed by atoms with Gasteiger partial charge in [0, 0.05) is 17.8 Å². The van der Waals surface area contributed by atoms with Crippen molar-refractivity contribution in [2.45, 2.75) is 32.0 Å². The average Bonchev–Trinajstić information content (AvgIpc) is 3.43. The molecule has 1 amide bonds. The van der Waals surface area contributed by atoms with Crippen molar-refractivity contribution in [3.63, 3.8) is 0 Å². The third-order valence-electron chi connectivity index (χ3n) is 4.96. The molecule has 1 aromatic carbocycles. The molecule has 1 unspecified atom stereocenters. The molecule has 11 heteroatoms. The molecular weight excluding hydrogens is 415 g/mol. The highest BCUT2D eigenvalue weighted by atomic mass is 19.4. The number of carbonyl (C=O) groups is 1. The summed E-state index contributed by atoms with van der Waals surface area (Å²) in [6, 6.07) is 6.39. The Morgan fingerprint density at radius 3 is 2.81 bits per heavy atom. The zero-order valence-electron chi connectivity index (χ0n) is 16.8. The van der Waals surface area contributed by atoms with Gasteiger partial charge in [0.2, 0.25) is 5.82 Å². The van der Waals surface area contributed by atoms with Crippen molar-refractivity contribution in [2.24, 2.45) is 0 Å². The van der Waals surface area contributed by atoms with Crippen LogP contribution in [-0.2, 0) is 10.9 Å². The standard InChI is InChI=1S/C20H20F3N5O3/c1-11(2)14-9-15(26-25-14)19(29)28-6-7-30-16(10-28)18-24-17(27-31-18)12-4-3-5-13(8-12)20(21,22)23/h3-5,8-9,11,16H,6-7,10H2,1-2H3,(H,25,26). The smallest absolute Gasteiger partial charge is 0.365 e. The van der Waals surface area contributed by atoms with Crippen molar-refractivity contribution in [3.8, 4) is 11.4 Å². The van der Waals surface area contributed by atoms with Gasteiger partial charge in [-0.2, -0.15) is 23.3 Å². The number of hydrogen-bond acceptors (Lipinski definition) is 6. The van der Waals surface area contributed by atoms with Crippen molar-refractivity contribution in [1.82, 2.24) is 25.2 Å². The summed E-state index contributed by atoms with van der Waals surface area (Å²) in [7, 11) is 0. The molecule has 2 aromatic heterocycles. The highest BCUT2D eigenvalue weighted by Crippen LogP contribution is 2.32. The van der Waals surface area contributed by atoms with E-state index < -0.39 is 17.8 Å². The van der Waals surface area contributed by atoms with E-state index in [1.165, 1.54) is 12.1 Å². The van der Waals surface area contributed by atoms with Gasteiger partial charge in [0.1, 0.15) is 5.69 Å². The first-order chi connectivity index (χ1) is 14.7. The lowest BCUT2D eigenvalue weighted by Gasteiger charge is -2.30. The summed E-state index contributed by atoms with van der Waals surface area (Å²) in [5.41, 5.74) is 0.531. The second-order valence-electron chi connectivity index (χ2n) is 7.51. The summed E-state index contributed by atoms with van der Waals surface area (Å²) >= 11 is 0. The summed E-state index contributed by atoms with van der Waals surface area (Å²) < 4.78 is 49.7. The highest BCUT2D eigenvalue weighted by Gasteiger charge is 2.33. The highest BCUT2D eigenvalue weighted by molar-refractivity contribution is 5.92. The second kappa shape index (κ2) is 8.14. The molecule has 164 valence electrons.